The highest BCUT2D eigenvalue weighted by atomic mass is 16.5. The van der Waals surface area contributed by atoms with E-state index in [-0.39, 0.29) is 0 Å². The minimum absolute atomic E-state index is 0.496. The second kappa shape index (κ2) is 8.16. The lowest BCUT2D eigenvalue weighted by Gasteiger charge is -2.23. The maximum absolute atomic E-state index is 6.29. The largest absolute Gasteiger partial charge is 0.381 e. The van der Waals surface area contributed by atoms with Gasteiger partial charge in [-0.25, -0.2) is 0 Å². The number of ether oxygens (including phenoxy) is 1. The summed E-state index contributed by atoms with van der Waals surface area (Å²) < 4.78 is 5.41. The maximum atomic E-state index is 6.29. The topological polar surface area (TPSA) is 35.2 Å². The Kier molecular flexibility index (Phi) is 6.50. The number of nitrogens with two attached hydrogens (primary N) is 1. The van der Waals surface area contributed by atoms with Crippen molar-refractivity contribution in [3.05, 3.63) is 0 Å². The van der Waals surface area contributed by atoms with Gasteiger partial charge in [0.25, 0.3) is 0 Å². The van der Waals surface area contributed by atoms with Gasteiger partial charge < -0.3 is 10.5 Å². The highest BCUT2D eigenvalue weighted by molar-refractivity contribution is 4.76. The molecule has 1 aliphatic heterocycles. The summed E-state index contributed by atoms with van der Waals surface area (Å²) >= 11 is 0. The van der Waals surface area contributed by atoms with Gasteiger partial charge in [0.15, 0.2) is 0 Å². The van der Waals surface area contributed by atoms with Crippen LogP contribution in [-0.2, 0) is 4.74 Å². The molecule has 1 saturated heterocycles. The minimum Gasteiger partial charge on any atom is -0.381 e. The fourth-order valence-corrected chi connectivity index (χ4v) is 3.65. The first-order valence-electron chi connectivity index (χ1n) is 8.19. The molecule has 106 valence electrons. The molecule has 1 aliphatic carbocycles. The molecule has 0 spiro atoms. The van der Waals surface area contributed by atoms with E-state index in [1.54, 1.807) is 0 Å². The van der Waals surface area contributed by atoms with Crippen molar-refractivity contribution in [1.82, 2.24) is 0 Å². The van der Waals surface area contributed by atoms with Gasteiger partial charge in [0.05, 0.1) is 0 Å². The molecule has 2 aliphatic rings. The van der Waals surface area contributed by atoms with Gasteiger partial charge in [0.2, 0.25) is 0 Å². The molecule has 2 N–H and O–H groups in total. The van der Waals surface area contributed by atoms with Crippen LogP contribution in [0.15, 0.2) is 0 Å². The van der Waals surface area contributed by atoms with E-state index in [0.29, 0.717) is 6.04 Å². The van der Waals surface area contributed by atoms with Gasteiger partial charge in [-0.05, 0) is 43.9 Å². The third-order valence-electron chi connectivity index (χ3n) is 5.00. The number of unbranched alkanes of at least 4 members (excludes halogenated alkanes) is 1. The summed E-state index contributed by atoms with van der Waals surface area (Å²) in [4.78, 5) is 0. The Hall–Kier alpha value is -0.0800. The summed E-state index contributed by atoms with van der Waals surface area (Å²) in [7, 11) is 0. The third-order valence-corrected chi connectivity index (χ3v) is 5.00. The molecule has 2 heteroatoms. The first-order chi connectivity index (χ1) is 8.86. The Morgan fingerprint density at radius 2 is 1.56 bits per heavy atom. The van der Waals surface area contributed by atoms with Crippen LogP contribution in [0.3, 0.4) is 0 Å². The smallest absolute Gasteiger partial charge is 0.0468 e. The molecule has 1 saturated carbocycles. The van der Waals surface area contributed by atoms with Crippen LogP contribution in [0.4, 0.5) is 0 Å². The van der Waals surface area contributed by atoms with E-state index in [4.69, 9.17) is 10.5 Å². The molecule has 2 nitrogen and oxygen atoms in total. The molecule has 0 aromatic rings. The summed E-state index contributed by atoms with van der Waals surface area (Å²) in [6.45, 7) is 2.00. The summed E-state index contributed by atoms with van der Waals surface area (Å²) in [6, 6.07) is 0.496. The predicted octanol–water partition coefficient (Wildman–Crippen LogP) is 3.88. The monoisotopic (exact) mass is 253 g/mol. The van der Waals surface area contributed by atoms with Crippen molar-refractivity contribution in [2.75, 3.05) is 13.2 Å². The minimum atomic E-state index is 0.496. The fourth-order valence-electron chi connectivity index (χ4n) is 3.65. The molecule has 2 rings (SSSR count). The standard InChI is InChI=1S/C16H31NO/c17-16-9-3-1-2-7-15(16)8-5-4-6-14-10-12-18-13-11-14/h14-16H,1-13,17H2. The normalized spacial score (nSPS) is 31.2. The molecule has 2 unspecified atom stereocenters. The molecule has 18 heavy (non-hydrogen) atoms. The van der Waals surface area contributed by atoms with Crippen LogP contribution in [0.2, 0.25) is 0 Å². The van der Waals surface area contributed by atoms with Gasteiger partial charge in [-0.3, -0.25) is 0 Å². The van der Waals surface area contributed by atoms with E-state index in [9.17, 15) is 0 Å². The van der Waals surface area contributed by atoms with E-state index < -0.39 is 0 Å². The van der Waals surface area contributed by atoms with Crippen molar-refractivity contribution in [3.63, 3.8) is 0 Å². The Labute approximate surface area is 113 Å². The summed E-state index contributed by atoms with van der Waals surface area (Å²) in [5, 5.41) is 0. The van der Waals surface area contributed by atoms with Gasteiger partial charge in [0, 0.05) is 19.3 Å². The molecule has 2 fully saturated rings. The summed E-state index contributed by atoms with van der Waals surface area (Å²) in [5.74, 6) is 1.77. The first-order valence-corrected chi connectivity index (χ1v) is 8.19. The van der Waals surface area contributed by atoms with Crippen LogP contribution < -0.4 is 5.73 Å². The van der Waals surface area contributed by atoms with E-state index in [1.165, 1.54) is 70.6 Å². The molecule has 2 atom stereocenters. The van der Waals surface area contributed by atoms with Crippen molar-refractivity contribution in [3.8, 4) is 0 Å². The molecule has 1 heterocycles. The van der Waals surface area contributed by atoms with Crippen molar-refractivity contribution in [1.29, 1.82) is 0 Å². The van der Waals surface area contributed by atoms with E-state index in [2.05, 4.69) is 0 Å². The Morgan fingerprint density at radius 3 is 2.39 bits per heavy atom. The zero-order chi connectivity index (χ0) is 12.6. The SMILES string of the molecule is NC1CCCCCC1CCCCC1CCOCC1. The second-order valence-corrected chi connectivity index (χ2v) is 6.40. The van der Waals surface area contributed by atoms with Gasteiger partial charge in [-0.15, -0.1) is 0 Å². The van der Waals surface area contributed by atoms with Crippen LogP contribution in [0.1, 0.15) is 70.6 Å². The number of hydrogen-bond acceptors (Lipinski definition) is 2. The molecule has 0 aromatic heterocycles. The van der Waals surface area contributed by atoms with Crippen LogP contribution in [0, 0.1) is 11.8 Å². The lowest BCUT2D eigenvalue weighted by atomic mass is 9.88. The van der Waals surface area contributed by atoms with Crippen molar-refractivity contribution in [2.24, 2.45) is 17.6 Å². The fraction of sp³-hybridized carbons (Fsp3) is 1.00. The third kappa shape index (κ3) is 4.89. The summed E-state index contributed by atoms with van der Waals surface area (Å²) in [6.07, 6.45) is 15.0. The van der Waals surface area contributed by atoms with Crippen molar-refractivity contribution in [2.45, 2.75) is 76.7 Å². The summed E-state index contributed by atoms with van der Waals surface area (Å²) in [5.41, 5.74) is 6.29. The molecular formula is C16H31NO. The lowest BCUT2D eigenvalue weighted by molar-refractivity contribution is 0.0630. The zero-order valence-corrected chi connectivity index (χ0v) is 11.9. The molecular weight excluding hydrogens is 222 g/mol. The maximum Gasteiger partial charge on any atom is 0.0468 e. The van der Waals surface area contributed by atoms with Crippen LogP contribution in [0.5, 0.6) is 0 Å². The molecule has 0 bridgehead atoms. The van der Waals surface area contributed by atoms with Crippen LogP contribution >= 0.6 is 0 Å². The van der Waals surface area contributed by atoms with E-state index in [0.717, 1.165) is 25.0 Å². The van der Waals surface area contributed by atoms with Gasteiger partial charge in [-0.1, -0.05) is 38.5 Å². The molecule has 0 aromatic carbocycles. The van der Waals surface area contributed by atoms with E-state index >= 15 is 0 Å². The highest BCUT2D eigenvalue weighted by Crippen LogP contribution is 2.28. The molecule has 0 radical (unpaired) electrons. The van der Waals surface area contributed by atoms with Crippen molar-refractivity contribution >= 4 is 0 Å². The Bertz CT molecular complexity index is 213. The number of hydrogen-bond donors (Lipinski definition) is 1. The zero-order valence-electron chi connectivity index (χ0n) is 11.9. The van der Waals surface area contributed by atoms with Gasteiger partial charge in [-0.2, -0.15) is 0 Å². The van der Waals surface area contributed by atoms with E-state index in [1.807, 2.05) is 0 Å². The van der Waals surface area contributed by atoms with Gasteiger partial charge in [0.1, 0.15) is 0 Å². The van der Waals surface area contributed by atoms with Gasteiger partial charge >= 0.3 is 0 Å². The van der Waals surface area contributed by atoms with Crippen LogP contribution in [-0.4, -0.2) is 19.3 Å². The Balaban J connectivity index is 1.56. The predicted molar refractivity (Wildman–Crippen MR) is 76.6 cm³/mol. The van der Waals surface area contributed by atoms with Crippen molar-refractivity contribution < 1.29 is 4.74 Å². The molecule has 0 amide bonds. The quantitative estimate of drug-likeness (QED) is 0.596. The van der Waals surface area contributed by atoms with Crippen LogP contribution in [0.25, 0.3) is 0 Å². The highest BCUT2D eigenvalue weighted by Gasteiger charge is 2.20. The Morgan fingerprint density at radius 1 is 0.833 bits per heavy atom. The average molecular weight is 253 g/mol. The number of rotatable bonds is 5. The first kappa shape index (κ1) is 14.3. The lowest BCUT2D eigenvalue weighted by Crippen LogP contribution is -2.28. The second-order valence-electron chi connectivity index (χ2n) is 6.40. The average Bonchev–Trinajstić information content (AvgIpc) is 2.61.